The zero-order chi connectivity index (χ0) is 76.8. The first-order valence-electron chi connectivity index (χ1n) is 48.9. The number of hydrogen-bond acceptors (Lipinski definition) is 7. The second-order valence-electron chi connectivity index (χ2n) is 37.9. The zero-order valence-electron chi connectivity index (χ0n) is 71.8. The molecule has 0 radical (unpaired) electrons. The summed E-state index contributed by atoms with van der Waals surface area (Å²) in [6, 6.07) is 3.52. The molecule has 9 aliphatic carbocycles. The van der Waals surface area contributed by atoms with Crippen molar-refractivity contribution in [3.63, 3.8) is 0 Å². The maximum atomic E-state index is 17.5. The van der Waals surface area contributed by atoms with Gasteiger partial charge in [-0.2, -0.15) is 0 Å². The van der Waals surface area contributed by atoms with E-state index in [0.29, 0.717) is 102 Å². The SMILES string of the molecule is CCCCCCC(O)CCCCCCCCCCC(=O)O.CCCCCCC(O)CCCCCCCCCCC(=O)O.O=C(CC(CC(=O)[N+](C1CCCCC1)(C1CCCCC1)C1CCCCC1)C(=O)[N+](C1CCCCC1)(C1CCCCC1)C1CCCCC1)[N+](C1CCCCC1)(C1CCCCC1)C1CCCCC1.[Ca+2]. The molecule has 109 heavy (non-hydrogen) atoms. The first kappa shape index (κ1) is 96.8. The van der Waals surface area contributed by atoms with Crippen LogP contribution >= 0.6 is 0 Å². The molecule has 0 heterocycles. The van der Waals surface area contributed by atoms with E-state index in [1.807, 2.05) is 0 Å². The maximum Gasteiger partial charge on any atom is 2.00 e. The number of carboxylic acids is 2. The Bertz CT molecular complexity index is 2090. The topological polar surface area (TPSA) is 166 Å². The predicted octanol–water partition coefficient (Wildman–Crippen LogP) is 25.6. The monoisotopic (exact) mass is 1560 g/mol. The number of carboxylic acid groups (broad SMARTS) is 2. The van der Waals surface area contributed by atoms with Crippen molar-refractivity contribution < 1.29 is 57.8 Å². The van der Waals surface area contributed by atoms with E-state index in [-0.39, 0.29) is 49.9 Å². The number of nitrogens with zero attached hydrogens (tertiary/aromatic N) is 3. The molecule has 0 aromatic carbocycles. The fraction of sp³-hybridized carbons (Fsp3) is 0.948. The molecule has 2 atom stereocenters. The standard InChI is InChI=1S/C60H104N3O3.2C18H36O3.Ca/c64-58(61(49-28-10-1-11-29-49,50-30-12-2-13-31-50)51-32-14-3-15-33-51)46-48(60(66)63(55-40-22-7-23-41-55,56-42-24-8-25-43-56)57-44-26-9-27-45-57)47-59(65)62(52-34-16-4-17-35-52,53-36-18-5-19-37-53)54-38-20-6-21-39-54;2*1-2-3-4-11-14-17(19)15-12-9-7-5-6-8-10-13-16-18(20)21;/h48-57H,1-47H2;2*17,19H,2-16H2,1H3,(H,20,21);/q+3;;;+2. The van der Waals surface area contributed by atoms with E-state index in [2.05, 4.69) is 13.8 Å². The third-order valence-electron chi connectivity index (χ3n) is 30.2. The average molecular weight is 1560 g/mol. The number of aliphatic carboxylic acids is 2. The summed E-state index contributed by atoms with van der Waals surface area (Å²) in [6.07, 6.45) is 88.9. The van der Waals surface area contributed by atoms with Crippen LogP contribution in [0.15, 0.2) is 0 Å². The van der Waals surface area contributed by atoms with Crippen molar-refractivity contribution in [2.45, 2.75) is 575 Å². The predicted molar refractivity (Wildman–Crippen MR) is 453 cm³/mol. The molecule has 0 aliphatic heterocycles. The van der Waals surface area contributed by atoms with Crippen LogP contribution in [0.3, 0.4) is 0 Å². The van der Waals surface area contributed by atoms with Crippen molar-refractivity contribution in [3.8, 4) is 0 Å². The van der Waals surface area contributed by atoms with Crippen LogP contribution in [0.5, 0.6) is 0 Å². The van der Waals surface area contributed by atoms with Crippen molar-refractivity contribution >= 4 is 67.4 Å². The summed E-state index contributed by atoms with van der Waals surface area (Å²) < 4.78 is 2.14. The van der Waals surface area contributed by atoms with Gasteiger partial charge in [0.1, 0.15) is 0 Å². The number of unbranched alkanes of at least 4 members (excludes halogenated alkanes) is 20. The molecule has 626 valence electrons. The number of rotatable bonds is 46. The molecule has 9 saturated carbocycles. The molecule has 9 fully saturated rings. The Morgan fingerprint density at radius 3 is 0.624 bits per heavy atom. The molecule has 0 aromatic heterocycles. The first-order chi connectivity index (χ1) is 52.8. The summed E-state index contributed by atoms with van der Waals surface area (Å²) in [7, 11) is 0. The van der Waals surface area contributed by atoms with E-state index in [0.717, 1.165) is 86.0 Å². The van der Waals surface area contributed by atoms with Crippen molar-refractivity contribution in [1.82, 2.24) is 0 Å². The van der Waals surface area contributed by atoms with Gasteiger partial charge in [-0.05, 0) is 270 Å². The Balaban J connectivity index is 0.000000354. The normalized spacial score (nSPS) is 21.5. The van der Waals surface area contributed by atoms with E-state index >= 15 is 14.4 Å². The summed E-state index contributed by atoms with van der Waals surface area (Å²) in [5, 5.41) is 36.7. The van der Waals surface area contributed by atoms with Crippen LogP contribution in [0.4, 0.5) is 0 Å². The summed E-state index contributed by atoms with van der Waals surface area (Å²) in [5.41, 5.74) is 0. The Morgan fingerprint density at radius 1 is 0.257 bits per heavy atom. The molecule has 9 rings (SSSR count). The molecule has 0 saturated heterocycles. The van der Waals surface area contributed by atoms with Gasteiger partial charge in [-0.3, -0.25) is 23.0 Å². The van der Waals surface area contributed by atoms with Gasteiger partial charge in [-0.1, -0.05) is 213 Å². The van der Waals surface area contributed by atoms with Crippen LogP contribution in [0.1, 0.15) is 508 Å². The van der Waals surface area contributed by atoms with Gasteiger partial charge < -0.3 is 20.4 Å². The Hall–Kier alpha value is -0.990. The van der Waals surface area contributed by atoms with E-state index < -0.39 is 17.9 Å². The fourth-order valence-electron chi connectivity index (χ4n) is 24.7. The van der Waals surface area contributed by atoms with Gasteiger partial charge in [0.15, 0.2) is 0 Å². The van der Waals surface area contributed by atoms with Gasteiger partial charge in [-0.15, -0.1) is 0 Å². The zero-order valence-corrected chi connectivity index (χ0v) is 74.0. The van der Waals surface area contributed by atoms with Crippen LogP contribution < -0.4 is 0 Å². The largest absolute Gasteiger partial charge is 2.00 e. The molecule has 0 spiro atoms. The molecule has 2 unspecified atom stereocenters. The quantitative estimate of drug-likeness (QED) is 0.0264. The minimum Gasteiger partial charge on any atom is -0.481 e. The third-order valence-corrected chi connectivity index (χ3v) is 30.2. The number of amides is 3. The molecule has 4 N–H and O–H groups in total. The van der Waals surface area contributed by atoms with Gasteiger partial charge >= 0.3 is 67.4 Å². The number of carbonyl (C=O) groups is 5. The van der Waals surface area contributed by atoms with Crippen molar-refractivity contribution in [2.75, 3.05) is 0 Å². The van der Waals surface area contributed by atoms with Crippen molar-refractivity contribution in [2.24, 2.45) is 5.92 Å². The summed E-state index contributed by atoms with van der Waals surface area (Å²) in [6.45, 7) is 4.42. The number of aliphatic hydroxyl groups is 2. The van der Waals surface area contributed by atoms with Gasteiger partial charge in [0.2, 0.25) is 0 Å². The van der Waals surface area contributed by atoms with E-state index in [1.165, 1.54) is 392 Å². The van der Waals surface area contributed by atoms with Crippen LogP contribution in [0.2, 0.25) is 0 Å². The number of carbonyl (C=O) groups excluding carboxylic acids is 3. The molecule has 9 aliphatic rings. The average Bonchev–Trinajstić information content (AvgIpc) is 0.736. The maximum absolute atomic E-state index is 17.5. The molecule has 13 heteroatoms. The number of aliphatic hydroxyl groups excluding tert-OH is 2. The minimum atomic E-state index is -0.678. The van der Waals surface area contributed by atoms with Gasteiger partial charge in [-0.25, -0.2) is 14.4 Å². The van der Waals surface area contributed by atoms with E-state index in [1.54, 1.807) is 0 Å². The van der Waals surface area contributed by atoms with Gasteiger partial charge in [0, 0.05) is 12.8 Å². The number of hydrogen-bond donors (Lipinski definition) is 4. The Labute approximate surface area is 700 Å². The second kappa shape index (κ2) is 57.2. The first-order valence-corrected chi connectivity index (χ1v) is 48.9. The van der Waals surface area contributed by atoms with Crippen molar-refractivity contribution in [1.29, 1.82) is 0 Å². The molecule has 12 nitrogen and oxygen atoms in total. The molecular weight excluding hydrogens is 1380 g/mol. The minimum absolute atomic E-state index is 0. The Kier molecular flexibility index (Phi) is 50.8. The number of quaternary nitrogens is 3. The smallest absolute Gasteiger partial charge is 0.481 e. The van der Waals surface area contributed by atoms with Crippen LogP contribution in [-0.2, 0) is 24.0 Å². The summed E-state index contributed by atoms with van der Waals surface area (Å²) in [5.74, 6) is -0.451. The fourth-order valence-corrected chi connectivity index (χ4v) is 24.7. The van der Waals surface area contributed by atoms with Crippen LogP contribution in [0.25, 0.3) is 0 Å². The Morgan fingerprint density at radius 2 is 0.431 bits per heavy atom. The molecule has 0 bridgehead atoms. The van der Waals surface area contributed by atoms with Gasteiger partial charge in [0.25, 0.3) is 0 Å². The van der Waals surface area contributed by atoms with Crippen molar-refractivity contribution in [3.05, 3.63) is 0 Å². The summed E-state index contributed by atoms with van der Waals surface area (Å²) in [4.78, 5) is 72.1. The third kappa shape index (κ3) is 31.7. The summed E-state index contributed by atoms with van der Waals surface area (Å²) >= 11 is 0. The molecular formula is C96H176CaN3O9+5. The van der Waals surface area contributed by atoms with Gasteiger partial charge in [0.05, 0.1) is 85.3 Å². The van der Waals surface area contributed by atoms with E-state index in [4.69, 9.17) is 10.2 Å². The second-order valence-corrected chi connectivity index (χ2v) is 37.9. The molecule has 0 aromatic rings. The van der Waals surface area contributed by atoms with Crippen LogP contribution in [-0.4, -0.2) is 168 Å². The molecule has 3 amide bonds. The van der Waals surface area contributed by atoms with Crippen LogP contribution in [0, 0.1) is 5.92 Å². The van der Waals surface area contributed by atoms with E-state index in [9.17, 15) is 19.8 Å².